The lowest BCUT2D eigenvalue weighted by atomic mass is 10.0. The van der Waals surface area contributed by atoms with Gasteiger partial charge in [0.05, 0.1) is 25.5 Å². The molecule has 0 aromatic carbocycles. The molecule has 1 atom stereocenters. The summed E-state index contributed by atoms with van der Waals surface area (Å²) >= 11 is 1.63. The van der Waals surface area contributed by atoms with Gasteiger partial charge in [-0.3, -0.25) is 9.69 Å². The number of hydrogen-bond donors (Lipinski definition) is 1. The highest BCUT2D eigenvalue weighted by atomic mass is 32.1. The van der Waals surface area contributed by atoms with Gasteiger partial charge in [-0.2, -0.15) is 5.10 Å². The van der Waals surface area contributed by atoms with Crippen LogP contribution in [0.15, 0.2) is 22.4 Å². The van der Waals surface area contributed by atoms with Gasteiger partial charge in [0.2, 0.25) is 0 Å². The van der Waals surface area contributed by atoms with E-state index in [0.29, 0.717) is 25.8 Å². The van der Waals surface area contributed by atoms with Crippen LogP contribution in [-0.4, -0.2) is 51.9 Å². The summed E-state index contributed by atoms with van der Waals surface area (Å²) in [6, 6.07) is 2.17. The molecule has 1 N–H and O–H groups in total. The molecular weight excluding hydrogens is 350 g/mol. The third-order valence-electron chi connectivity index (χ3n) is 5.17. The summed E-state index contributed by atoms with van der Waals surface area (Å²) in [4.78, 5) is 19.1. The smallest absolute Gasteiger partial charge is 0.267 e. The van der Waals surface area contributed by atoms with Crippen molar-refractivity contribution in [2.45, 2.75) is 44.9 Å². The van der Waals surface area contributed by atoms with Crippen molar-refractivity contribution in [2.24, 2.45) is 0 Å². The van der Waals surface area contributed by atoms with Crippen LogP contribution in [0.4, 0.5) is 5.13 Å². The summed E-state index contributed by atoms with van der Waals surface area (Å²) in [5, 5.41) is 11.0. The maximum atomic E-state index is 12.3. The van der Waals surface area contributed by atoms with Crippen molar-refractivity contribution in [3.8, 4) is 0 Å². The molecule has 0 saturated carbocycles. The van der Waals surface area contributed by atoms with E-state index >= 15 is 0 Å². The third-order valence-corrected chi connectivity index (χ3v) is 5.91. The SMILES string of the molecule is O=c1cc2c(nn1CCN1CCCCC1CNc1nccs1)CCOC2. The van der Waals surface area contributed by atoms with E-state index in [9.17, 15) is 4.79 Å². The van der Waals surface area contributed by atoms with Gasteiger partial charge in [-0.25, -0.2) is 9.67 Å². The fourth-order valence-corrected chi connectivity index (χ4v) is 4.28. The van der Waals surface area contributed by atoms with Crippen LogP contribution in [0.3, 0.4) is 0 Å². The maximum absolute atomic E-state index is 12.3. The van der Waals surface area contributed by atoms with Crippen LogP contribution in [0, 0.1) is 0 Å². The number of piperidine rings is 1. The van der Waals surface area contributed by atoms with E-state index in [1.165, 1.54) is 19.3 Å². The van der Waals surface area contributed by atoms with E-state index in [2.05, 4.69) is 20.3 Å². The van der Waals surface area contributed by atoms with Crippen molar-refractivity contribution < 1.29 is 4.74 Å². The lowest BCUT2D eigenvalue weighted by Gasteiger charge is -2.35. The average Bonchev–Trinajstić information content (AvgIpc) is 3.19. The topological polar surface area (TPSA) is 72.3 Å². The van der Waals surface area contributed by atoms with Gasteiger partial charge in [0, 0.05) is 48.8 Å². The molecule has 2 aromatic heterocycles. The van der Waals surface area contributed by atoms with E-state index in [4.69, 9.17) is 4.74 Å². The van der Waals surface area contributed by atoms with E-state index < -0.39 is 0 Å². The number of nitrogens with one attached hydrogen (secondary N) is 1. The highest BCUT2D eigenvalue weighted by Crippen LogP contribution is 2.19. The molecule has 2 aromatic rings. The zero-order valence-electron chi connectivity index (χ0n) is 14.9. The Morgan fingerprint density at radius 1 is 1.35 bits per heavy atom. The Bertz CT molecular complexity index is 776. The predicted molar refractivity (Wildman–Crippen MR) is 102 cm³/mol. The fourth-order valence-electron chi connectivity index (χ4n) is 3.74. The molecule has 0 bridgehead atoms. The molecule has 140 valence electrons. The van der Waals surface area contributed by atoms with Crippen molar-refractivity contribution in [2.75, 3.05) is 31.6 Å². The fraction of sp³-hybridized carbons (Fsp3) is 0.611. The first-order valence-corrected chi connectivity index (χ1v) is 10.2. The second kappa shape index (κ2) is 8.28. The summed E-state index contributed by atoms with van der Waals surface area (Å²) in [5.41, 5.74) is 1.93. The molecule has 0 radical (unpaired) electrons. The van der Waals surface area contributed by atoms with Crippen LogP contribution < -0.4 is 10.9 Å². The lowest BCUT2D eigenvalue weighted by Crippen LogP contribution is -2.45. The van der Waals surface area contributed by atoms with Gasteiger partial charge >= 0.3 is 0 Å². The zero-order chi connectivity index (χ0) is 17.8. The first-order valence-electron chi connectivity index (χ1n) is 9.35. The molecule has 0 aliphatic carbocycles. The number of thiazole rings is 1. The molecule has 4 heterocycles. The van der Waals surface area contributed by atoms with Gasteiger partial charge in [0.25, 0.3) is 5.56 Å². The summed E-state index contributed by atoms with van der Waals surface area (Å²) in [6.07, 6.45) is 6.28. The summed E-state index contributed by atoms with van der Waals surface area (Å²) in [7, 11) is 0. The monoisotopic (exact) mass is 375 g/mol. The van der Waals surface area contributed by atoms with Crippen molar-refractivity contribution in [3.05, 3.63) is 39.3 Å². The molecule has 2 aliphatic heterocycles. The molecule has 0 amide bonds. The molecule has 1 fully saturated rings. The van der Waals surface area contributed by atoms with Crippen molar-refractivity contribution in [1.29, 1.82) is 0 Å². The van der Waals surface area contributed by atoms with E-state index in [-0.39, 0.29) is 5.56 Å². The standard InChI is InChI=1S/C18H25N5O2S/c24-17-11-14-13-25-9-4-16(14)21-23(17)8-7-22-6-2-1-3-15(22)12-20-18-19-5-10-26-18/h5,10-11,15H,1-4,6-9,12-13H2,(H,19,20). The molecular formula is C18H25N5O2S. The molecule has 8 heteroatoms. The largest absolute Gasteiger partial charge is 0.376 e. The van der Waals surface area contributed by atoms with E-state index in [0.717, 1.165) is 42.4 Å². The van der Waals surface area contributed by atoms with Crippen molar-refractivity contribution >= 4 is 16.5 Å². The number of anilines is 1. The van der Waals surface area contributed by atoms with Gasteiger partial charge in [0.1, 0.15) is 0 Å². The molecule has 2 aliphatic rings. The lowest BCUT2D eigenvalue weighted by molar-refractivity contribution is 0.107. The molecule has 4 rings (SSSR count). The van der Waals surface area contributed by atoms with Gasteiger partial charge in [-0.05, 0) is 19.4 Å². The number of aromatic nitrogens is 3. The highest BCUT2D eigenvalue weighted by molar-refractivity contribution is 7.13. The number of ether oxygens (including phenoxy) is 1. The van der Waals surface area contributed by atoms with Crippen molar-refractivity contribution in [1.82, 2.24) is 19.7 Å². The van der Waals surface area contributed by atoms with Crippen LogP contribution in [0.2, 0.25) is 0 Å². The third kappa shape index (κ3) is 4.13. The number of rotatable bonds is 6. The minimum Gasteiger partial charge on any atom is -0.376 e. The molecule has 1 saturated heterocycles. The number of fused-ring (bicyclic) bond motifs is 1. The highest BCUT2D eigenvalue weighted by Gasteiger charge is 2.22. The summed E-state index contributed by atoms with van der Waals surface area (Å²) < 4.78 is 7.04. The Morgan fingerprint density at radius 2 is 2.31 bits per heavy atom. The van der Waals surface area contributed by atoms with Gasteiger partial charge < -0.3 is 10.1 Å². The Morgan fingerprint density at radius 3 is 3.19 bits per heavy atom. The summed E-state index contributed by atoms with van der Waals surface area (Å²) in [5.74, 6) is 0. The number of hydrogen-bond acceptors (Lipinski definition) is 7. The first kappa shape index (κ1) is 17.6. The Kier molecular flexibility index (Phi) is 5.62. The van der Waals surface area contributed by atoms with Crippen LogP contribution in [0.1, 0.15) is 30.5 Å². The summed E-state index contributed by atoms with van der Waals surface area (Å²) in [6.45, 7) is 4.67. The van der Waals surface area contributed by atoms with Gasteiger partial charge in [0.15, 0.2) is 5.13 Å². The minimum absolute atomic E-state index is 0.0243. The maximum Gasteiger partial charge on any atom is 0.267 e. The Hall–Kier alpha value is -1.77. The predicted octanol–water partition coefficient (Wildman–Crippen LogP) is 1.74. The molecule has 26 heavy (non-hydrogen) atoms. The normalized spacial score (nSPS) is 20.7. The van der Waals surface area contributed by atoms with Crippen LogP contribution in [0.25, 0.3) is 0 Å². The van der Waals surface area contributed by atoms with Gasteiger partial charge in [-0.15, -0.1) is 11.3 Å². The Labute approximate surface area is 157 Å². The molecule has 0 spiro atoms. The second-order valence-electron chi connectivity index (χ2n) is 6.88. The molecule has 1 unspecified atom stereocenters. The number of nitrogens with zero attached hydrogens (tertiary/aromatic N) is 4. The zero-order valence-corrected chi connectivity index (χ0v) is 15.7. The number of likely N-dealkylation sites (tertiary alicyclic amines) is 1. The molecule has 7 nitrogen and oxygen atoms in total. The quantitative estimate of drug-likeness (QED) is 0.829. The van der Waals surface area contributed by atoms with E-state index in [1.54, 1.807) is 22.1 Å². The average molecular weight is 375 g/mol. The second-order valence-corrected chi connectivity index (χ2v) is 7.78. The first-order chi connectivity index (χ1) is 12.8. The van der Waals surface area contributed by atoms with Gasteiger partial charge in [-0.1, -0.05) is 6.42 Å². The van der Waals surface area contributed by atoms with E-state index in [1.807, 2.05) is 11.6 Å². The minimum atomic E-state index is -0.0243. The van der Waals surface area contributed by atoms with Crippen LogP contribution in [-0.2, 0) is 24.3 Å². The van der Waals surface area contributed by atoms with Crippen molar-refractivity contribution in [3.63, 3.8) is 0 Å². The Balaban J connectivity index is 1.38. The van der Waals surface area contributed by atoms with Crippen LogP contribution in [0.5, 0.6) is 0 Å². The van der Waals surface area contributed by atoms with Crippen LogP contribution >= 0.6 is 11.3 Å².